The standard InChI is InChI=1S/C21H25N3O2/c1-23(2)20(25)18-5-3-16(4-6-18)15-17-9-13-24(14-10-17)21(26)19-7-11-22-12-8-19/h3-8,11-12,17H,9-10,13-15H2,1-2H3. The molecule has 2 amide bonds. The van der Waals surface area contributed by atoms with Crippen LogP contribution in [0.25, 0.3) is 0 Å². The highest BCUT2D eigenvalue weighted by atomic mass is 16.2. The van der Waals surface area contributed by atoms with Gasteiger partial charge < -0.3 is 9.80 Å². The Morgan fingerprint density at radius 3 is 2.19 bits per heavy atom. The number of hydrogen-bond acceptors (Lipinski definition) is 3. The maximum absolute atomic E-state index is 12.5. The summed E-state index contributed by atoms with van der Waals surface area (Å²) in [4.78, 5) is 31.9. The van der Waals surface area contributed by atoms with Gasteiger partial charge in [-0.15, -0.1) is 0 Å². The maximum atomic E-state index is 12.5. The number of nitrogens with zero attached hydrogens (tertiary/aromatic N) is 3. The minimum Gasteiger partial charge on any atom is -0.345 e. The zero-order valence-electron chi connectivity index (χ0n) is 15.4. The van der Waals surface area contributed by atoms with Crippen molar-refractivity contribution in [2.75, 3.05) is 27.2 Å². The van der Waals surface area contributed by atoms with Crippen LogP contribution in [-0.2, 0) is 6.42 Å². The van der Waals surface area contributed by atoms with Crippen molar-refractivity contribution in [1.29, 1.82) is 0 Å². The Bertz CT molecular complexity index is 749. The van der Waals surface area contributed by atoms with Gasteiger partial charge in [-0.25, -0.2) is 0 Å². The molecule has 1 fully saturated rings. The van der Waals surface area contributed by atoms with Crippen LogP contribution in [0.1, 0.15) is 39.1 Å². The molecule has 2 aromatic rings. The maximum Gasteiger partial charge on any atom is 0.253 e. The van der Waals surface area contributed by atoms with Crippen molar-refractivity contribution in [1.82, 2.24) is 14.8 Å². The molecule has 1 saturated heterocycles. The Morgan fingerprint density at radius 2 is 1.62 bits per heavy atom. The number of carbonyl (C=O) groups is 2. The third kappa shape index (κ3) is 4.28. The summed E-state index contributed by atoms with van der Waals surface area (Å²) in [6, 6.07) is 11.4. The first-order chi connectivity index (χ1) is 12.5. The van der Waals surface area contributed by atoms with Crippen molar-refractivity contribution >= 4 is 11.8 Å². The quantitative estimate of drug-likeness (QED) is 0.851. The number of aromatic nitrogens is 1. The highest BCUT2D eigenvalue weighted by Gasteiger charge is 2.23. The molecule has 3 rings (SSSR count). The van der Waals surface area contributed by atoms with E-state index < -0.39 is 0 Å². The van der Waals surface area contributed by atoms with Crippen molar-refractivity contribution in [2.24, 2.45) is 5.92 Å². The van der Waals surface area contributed by atoms with Crippen LogP contribution in [0.3, 0.4) is 0 Å². The summed E-state index contributed by atoms with van der Waals surface area (Å²) in [6.45, 7) is 1.59. The van der Waals surface area contributed by atoms with Gasteiger partial charge in [0.15, 0.2) is 0 Å². The van der Waals surface area contributed by atoms with Crippen molar-refractivity contribution < 1.29 is 9.59 Å². The summed E-state index contributed by atoms with van der Waals surface area (Å²) >= 11 is 0. The minimum atomic E-state index is 0.0273. The van der Waals surface area contributed by atoms with Gasteiger partial charge in [0.25, 0.3) is 11.8 Å². The molecule has 0 unspecified atom stereocenters. The van der Waals surface area contributed by atoms with Crippen molar-refractivity contribution in [3.05, 3.63) is 65.5 Å². The Labute approximate surface area is 154 Å². The number of rotatable bonds is 4. The topological polar surface area (TPSA) is 53.5 Å². The summed E-state index contributed by atoms with van der Waals surface area (Å²) in [5.41, 5.74) is 2.68. The van der Waals surface area contributed by atoms with Crippen LogP contribution in [0.5, 0.6) is 0 Å². The van der Waals surface area contributed by atoms with Crippen LogP contribution in [0.4, 0.5) is 0 Å². The molecule has 5 heteroatoms. The molecular formula is C21H25N3O2. The lowest BCUT2D eigenvalue weighted by molar-refractivity contribution is 0.0690. The number of pyridine rings is 1. The van der Waals surface area contributed by atoms with E-state index in [2.05, 4.69) is 4.98 Å². The molecule has 1 aromatic carbocycles. The number of hydrogen-bond donors (Lipinski definition) is 0. The summed E-state index contributed by atoms with van der Waals surface area (Å²) in [6.07, 6.45) is 6.33. The largest absolute Gasteiger partial charge is 0.345 e. The van der Waals surface area contributed by atoms with E-state index in [1.54, 1.807) is 43.5 Å². The van der Waals surface area contributed by atoms with Crippen LogP contribution in [0, 0.1) is 5.92 Å². The van der Waals surface area contributed by atoms with Gasteiger partial charge in [0.2, 0.25) is 0 Å². The summed E-state index contributed by atoms with van der Waals surface area (Å²) in [7, 11) is 3.52. The van der Waals surface area contributed by atoms with Gasteiger partial charge in [-0.1, -0.05) is 12.1 Å². The molecule has 1 aliphatic rings. The first kappa shape index (κ1) is 18.1. The van der Waals surface area contributed by atoms with E-state index >= 15 is 0 Å². The molecule has 0 bridgehead atoms. The fourth-order valence-corrected chi connectivity index (χ4v) is 3.39. The molecule has 1 aliphatic heterocycles. The monoisotopic (exact) mass is 351 g/mol. The average molecular weight is 351 g/mol. The minimum absolute atomic E-state index is 0.0273. The summed E-state index contributed by atoms with van der Waals surface area (Å²) in [5, 5.41) is 0. The van der Waals surface area contributed by atoms with Gasteiger partial charge >= 0.3 is 0 Å². The van der Waals surface area contributed by atoms with Crippen LogP contribution in [-0.4, -0.2) is 53.8 Å². The predicted octanol–water partition coefficient (Wildman–Crippen LogP) is 2.88. The van der Waals surface area contributed by atoms with E-state index in [1.165, 1.54) is 5.56 Å². The van der Waals surface area contributed by atoms with Gasteiger partial charge in [0.1, 0.15) is 0 Å². The van der Waals surface area contributed by atoms with Gasteiger partial charge in [0, 0.05) is 50.7 Å². The van der Waals surface area contributed by atoms with Crippen LogP contribution < -0.4 is 0 Å². The summed E-state index contributed by atoms with van der Waals surface area (Å²) in [5.74, 6) is 0.698. The van der Waals surface area contributed by atoms with Gasteiger partial charge in [-0.3, -0.25) is 14.6 Å². The molecule has 5 nitrogen and oxygen atoms in total. The van der Waals surface area contributed by atoms with Gasteiger partial charge in [-0.2, -0.15) is 0 Å². The number of benzene rings is 1. The smallest absolute Gasteiger partial charge is 0.253 e. The number of carbonyl (C=O) groups excluding carboxylic acids is 2. The number of piperidine rings is 1. The number of amides is 2. The van der Waals surface area contributed by atoms with E-state index in [4.69, 9.17) is 0 Å². The Balaban J connectivity index is 1.53. The lowest BCUT2D eigenvalue weighted by Gasteiger charge is -2.32. The Hall–Kier alpha value is -2.69. The third-order valence-corrected chi connectivity index (χ3v) is 4.96. The van der Waals surface area contributed by atoms with Crippen LogP contribution in [0.2, 0.25) is 0 Å². The first-order valence-corrected chi connectivity index (χ1v) is 9.04. The second-order valence-electron chi connectivity index (χ2n) is 7.07. The fourth-order valence-electron chi connectivity index (χ4n) is 3.39. The molecule has 0 atom stereocenters. The molecule has 0 N–H and O–H groups in total. The van der Waals surface area contributed by atoms with Crippen molar-refractivity contribution in [3.63, 3.8) is 0 Å². The highest BCUT2D eigenvalue weighted by Crippen LogP contribution is 2.23. The molecule has 0 saturated carbocycles. The fraction of sp³-hybridized carbons (Fsp3) is 0.381. The molecule has 0 aliphatic carbocycles. The zero-order chi connectivity index (χ0) is 18.5. The van der Waals surface area contributed by atoms with E-state index in [-0.39, 0.29) is 11.8 Å². The Morgan fingerprint density at radius 1 is 1.00 bits per heavy atom. The van der Waals surface area contributed by atoms with E-state index in [0.717, 1.165) is 37.9 Å². The summed E-state index contributed by atoms with van der Waals surface area (Å²) < 4.78 is 0. The second-order valence-corrected chi connectivity index (χ2v) is 7.07. The molecule has 2 heterocycles. The van der Waals surface area contributed by atoms with Gasteiger partial charge in [-0.05, 0) is 55.0 Å². The number of likely N-dealkylation sites (tertiary alicyclic amines) is 1. The second kappa shape index (κ2) is 8.13. The molecular weight excluding hydrogens is 326 g/mol. The SMILES string of the molecule is CN(C)C(=O)c1ccc(CC2CCN(C(=O)c3ccncc3)CC2)cc1. The van der Waals surface area contributed by atoms with E-state index in [9.17, 15) is 9.59 Å². The molecule has 136 valence electrons. The van der Waals surface area contributed by atoms with Crippen LogP contribution >= 0.6 is 0 Å². The van der Waals surface area contributed by atoms with E-state index in [1.807, 2.05) is 29.2 Å². The Kier molecular flexibility index (Phi) is 5.66. The molecule has 26 heavy (non-hydrogen) atoms. The third-order valence-electron chi connectivity index (χ3n) is 4.96. The highest BCUT2D eigenvalue weighted by molar-refractivity contribution is 5.94. The average Bonchev–Trinajstić information content (AvgIpc) is 2.68. The molecule has 0 radical (unpaired) electrons. The molecule has 0 spiro atoms. The zero-order valence-corrected chi connectivity index (χ0v) is 15.4. The van der Waals surface area contributed by atoms with Crippen molar-refractivity contribution in [2.45, 2.75) is 19.3 Å². The normalized spacial score (nSPS) is 14.9. The predicted molar refractivity (Wildman–Crippen MR) is 101 cm³/mol. The van der Waals surface area contributed by atoms with Crippen molar-refractivity contribution in [3.8, 4) is 0 Å². The van der Waals surface area contributed by atoms with Crippen LogP contribution in [0.15, 0.2) is 48.8 Å². The lowest BCUT2D eigenvalue weighted by Crippen LogP contribution is -2.38. The lowest BCUT2D eigenvalue weighted by atomic mass is 9.89. The first-order valence-electron chi connectivity index (χ1n) is 9.04. The molecule has 1 aromatic heterocycles. The van der Waals surface area contributed by atoms with E-state index in [0.29, 0.717) is 11.5 Å². The van der Waals surface area contributed by atoms with Gasteiger partial charge in [0.05, 0.1) is 0 Å².